The van der Waals surface area contributed by atoms with Crippen LogP contribution in [0.25, 0.3) is 6.08 Å². The lowest BCUT2D eigenvalue weighted by molar-refractivity contribution is -0.111. The zero-order chi connectivity index (χ0) is 20.5. The summed E-state index contributed by atoms with van der Waals surface area (Å²) in [5.41, 5.74) is 2.39. The van der Waals surface area contributed by atoms with E-state index in [1.807, 2.05) is 24.3 Å². The molecule has 0 heterocycles. The van der Waals surface area contributed by atoms with E-state index in [-0.39, 0.29) is 17.4 Å². The summed E-state index contributed by atoms with van der Waals surface area (Å²) in [4.78, 5) is 14.3. The van der Waals surface area contributed by atoms with E-state index < -0.39 is 6.61 Å². The minimum absolute atomic E-state index is 0.0626. The first-order chi connectivity index (χ1) is 13.5. The molecule has 0 atom stereocenters. The molecule has 0 radical (unpaired) electrons. The predicted molar refractivity (Wildman–Crippen MR) is 107 cm³/mol. The second-order valence-electron chi connectivity index (χ2n) is 5.83. The fourth-order valence-electron chi connectivity index (χ4n) is 2.68. The number of ether oxygens (including phenoxy) is 2. The summed E-state index contributed by atoms with van der Waals surface area (Å²) in [5, 5.41) is 2.78. The van der Waals surface area contributed by atoms with Gasteiger partial charge in [0, 0.05) is 30.5 Å². The van der Waals surface area contributed by atoms with Crippen LogP contribution in [0.15, 0.2) is 48.5 Å². The summed E-state index contributed by atoms with van der Waals surface area (Å²) < 4.78 is 34.1. The molecule has 0 unspecified atom stereocenters. The molecule has 0 aliphatic rings. The highest BCUT2D eigenvalue weighted by Crippen LogP contribution is 2.29. The van der Waals surface area contributed by atoms with Crippen molar-refractivity contribution in [2.45, 2.75) is 20.5 Å². The molecule has 0 spiro atoms. The van der Waals surface area contributed by atoms with Crippen molar-refractivity contribution >= 4 is 23.4 Å². The van der Waals surface area contributed by atoms with E-state index in [1.165, 1.54) is 25.3 Å². The molecular weight excluding hydrogens is 366 g/mol. The fourth-order valence-corrected chi connectivity index (χ4v) is 2.68. The second kappa shape index (κ2) is 10.3. The van der Waals surface area contributed by atoms with E-state index in [9.17, 15) is 13.6 Å². The maximum absolute atomic E-state index is 12.4. The quantitative estimate of drug-likeness (QED) is 0.625. The van der Waals surface area contributed by atoms with Crippen molar-refractivity contribution in [2.24, 2.45) is 0 Å². The number of nitrogens with zero attached hydrogens (tertiary/aromatic N) is 1. The van der Waals surface area contributed by atoms with Crippen molar-refractivity contribution in [2.75, 3.05) is 30.4 Å². The molecule has 28 heavy (non-hydrogen) atoms. The van der Waals surface area contributed by atoms with Gasteiger partial charge < -0.3 is 19.7 Å². The first-order valence-electron chi connectivity index (χ1n) is 8.93. The van der Waals surface area contributed by atoms with Crippen molar-refractivity contribution in [1.29, 1.82) is 0 Å². The Morgan fingerprint density at radius 2 is 1.79 bits per heavy atom. The molecule has 0 bridgehead atoms. The number of methoxy groups -OCH3 is 1. The van der Waals surface area contributed by atoms with Crippen molar-refractivity contribution in [3.63, 3.8) is 0 Å². The van der Waals surface area contributed by atoms with Gasteiger partial charge in [0.15, 0.2) is 11.5 Å². The van der Waals surface area contributed by atoms with Gasteiger partial charge in [-0.25, -0.2) is 0 Å². The topological polar surface area (TPSA) is 50.8 Å². The number of nitrogens with one attached hydrogen (secondary N) is 1. The average molecular weight is 390 g/mol. The Hall–Kier alpha value is -3.09. The van der Waals surface area contributed by atoms with Crippen LogP contribution >= 0.6 is 0 Å². The van der Waals surface area contributed by atoms with E-state index in [1.54, 1.807) is 12.1 Å². The highest BCUT2D eigenvalue weighted by atomic mass is 19.3. The van der Waals surface area contributed by atoms with Gasteiger partial charge in [-0.2, -0.15) is 8.78 Å². The summed E-state index contributed by atoms with van der Waals surface area (Å²) in [6.45, 7) is 3.07. The third-order valence-corrected chi connectivity index (χ3v) is 4.09. The number of hydrogen-bond acceptors (Lipinski definition) is 4. The number of carbonyl (C=O) groups is 1. The Morgan fingerprint density at radius 3 is 2.36 bits per heavy atom. The Kier molecular flexibility index (Phi) is 7.80. The van der Waals surface area contributed by atoms with Crippen LogP contribution in [0.4, 0.5) is 20.2 Å². The molecule has 0 fully saturated rings. The number of rotatable bonds is 9. The van der Waals surface area contributed by atoms with Crippen LogP contribution in [0.1, 0.15) is 19.4 Å². The van der Waals surface area contributed by atoms with Gasteiger partial charge in [-0.15, -0.1) is 0 Å². The maximum atomic E-state index is 12.4. The number of anilines is 2. The van der Waals surface area contributed by atoms with Crippen molar-refractivity contribution < 1.29 is 23.0 Å². The van der Waals surface area contributed by atoms with Gasteiger partial charge in [-0.3, -0.25) is 4.79 Å². The smallest absolute Gasteiger partial charge is 0.387 e. The summed E-state index contributed by atoms with van der Waals surface area (Å²) in [7, 11) is 1.36. The highest BCUT2D eigenvalue weighted by Gasteiger charge is 2.10. The van der Waals surface area contributed by atoms with Crippen LogP contribution in [0.5, 0.6) is 11.5 Å². The lowest BCUT2D eigenvalue weighted by Crippen LogP contribution is -2.21. The Morgan fingerprint density at radius 1 is 1.11 bits per heavy atom. The Labute approximate surface area is 163 Å². The van der Waals surface area contributed by atoms with Crippen molar-refractivity contribution in [3.8, 4) is 11.5 Å². The number of alkyl halides is 2. The van der Waals surface area contributed by atoms with Crippen LogP contribution in [0.3, 0.4) is 0 Å². The van der Waals surface area contributed by atoms with E-state index in [0.717, 1.165) is 18.8 Å². The van der Waals surface area contributed by atoms with E-state index in [4.69, 9.17) is 4.74 Å². The maximum Gasteiger partial charge on any atom is 0.387 e. The molecule has 0 saturated heterocycles. The molecule has 0 aromatic heterocycles. The van der Waals surface area contributed by atoms with Gasteiger partial charge in [0.1, 0.15) is 0 Å². The minimum Gasteiger partial charge on any atom is -0.493 e. The van der Waals surface area contributed by atoms with Gasteiger partial charge >= 0.3 is 6.61 Å². The number of halogens is 2. The number of amides is 1. The van der Waals surface area contributed by atoms with Gasteiger partial charge in [0.05, 0.1) is 7.11 Å². The molecule has 150 valence electrons. The van der Waals surface area contributed by atoms with E-state index in [2.05, 4.69) is 28.8 Å². The molecule has 2 aromatic carbocycles. The zero-order valence-electron chi connectivity index (χ0n) is 16.1. The van der Waals surface area contributed by atoms with Crippen LogP contribution in [0, 0.1) is 0 Å². The first-order valence-corrected chi connectivity index (χ1v) is 8.93. The SMILES string of the molecule is CCN(CC)c1ccc(NC(=O)/C=C/c2ccc(OC(F)F)c(OC)c2)cc1. The minimum atomic E-state index is -2.94. The van der Waals surface area contributed by atoms with Crippen molar-refractivity contribution in [1.82, 2.24) is 0 Å². The first kappa shape index (κ1) is 21.2. The van der Waals surface area contributed by atoms with Crippen LogP contribution < -0.4 is 19.7 Å². The molecule has 0 aliphatic heterocycles. The monoisotopic (exact) mass is 390 g/mol. The molecule has 5 nitrogen and oxygen atoms in total. The Balaban J connectivity index is 2.01. The largest absolute Gasteiger partial charge is 0.493 e. The number of carbonyl (C=O) groups excluding carboxylic acids is 1. The summed E-state index contributed by atoms with van der Waals surface area (Å²) in [6.07, 6.45) is 2.93. The molecular formula is C21H24F2N2O3. The highest BCUT2D eigenvalue weighted by molar-refractivity contribution is 6.02. The summed E-state index contributed by atoms with van der Waals surface area (Å²) in [5.74, 6) is -0.204. The van der Waals surface area contributed by atoms with Crippen LogP contribution in [-0.4, -0.2) is 32.7 Å². The molecule has 1 amide bonds. The van der Waals surface area contributed by atoms with Crippen LogP contribution in [-0.2, 0) is 4.79 Å². The summed E-state index contributed by atoms with van der Waals surface area (Å²) >= 11 is 0. The lowest BCUT2D eigenvalue weighted by Gasteiger charge is -2.21. The number of benzene rings is 2. The fraction of sp³-hybridized carbons (Fsp3) is 0.286. The Bertz CT molecular complexity index is 804. The number of hydrogen-bond donors (Lipinski definition) is 1. The van der Waals surface area contributed by atoms with Gasteiger partial charge in [-0.1, -0.05) is 6.07 Å². The van der Waals surface area contributed by atoms with E-state index >= 15 is 0 Å². The third kappa shape index (κ3) is 5.97. The molecule has 2 rings (SSSR count). The molecule has 1 N–H and O–H groups in total. The predicted octanol–water partition coefficient (Wildman–Crippen LogP) is 4.79. The second-order valence-corrected chi connectivity index (χ2v) is 5.83. The van der Waals surface area contributed by atoms with E-state index in [0.29, 0.717) is 11.3 Å². The normalized spacial score (nSPS) is 10.9. The average Bonchev–Trinajstić information content (AvgIpc) is 2.69. The molecule has 0 aliphatic carbocycles. The van der Waals surface area contributed by atoms with Gasteiger partial charge in [-0.05, 0) is 61.9 Å². The lowest BCUT2D eigenvalue weighted by atomic mass is 10.2. The third-order valence-electron chi connectivity index (χ3n) is 4.09. The standard InChI is InChI=1S/C21H24F2N2O3/c1-4-25(5-2)17-10-8-16(9-11-17)24-20(26)13-7-15-6-12-18(28-21(22)23)19(14-15)27-3/h6-14,21H,4-5H2,1-3H3,(H,24,26)/b13-7+. The molecule has 2 aromatic rings. The molecule has 7 heteroatoms. The van der Waals surface area contributed by atoms with Gasteiger partial charge in [0.2, 0.25) is 5.91 Å². The van der Waals surface area contributed by atoms with Gasteiger partial charge in [0.25, 0.3) is 0 Å². The molecule has 0 saturated carbocycles. The van der Waals surface area contributed by atoms with Crippen LogP contribution in [0.2, 0.25) is 0 Å². The summed E-state index contributed by atoms with van der Waals surface area (Å²) in [6, 6.07) is 12.0. The van der Waals surface area contributed by atoms with Crippen molar-refractivity contribution in [3.05, 3.63) is 54.1 Å². The zero-order valence-corrected chi connectivity index (χ0v) is 16.1.